The maximum atomic E-state index is 4.47. The monoisotopic (exact) mass is 248 g/mol. The highest BCUT2D eigenvalue weighted by atomic mass is 32.2. The van der Waals surface area contributed by atoms with E-state index in [0.717, 1.165) is 11.5 Å². The molecule has 2 nitrogen and oxygen atoms in total. The third kappa shape index (κ3) is 3.03. The van der Waals surface area contributed by atoms with Gasteiger partial charge >= 0.3 is 0 Å². The van der Waals surface area contributed by atoms with Crippen LogP contribution in [0.25, 0.3) is 0 Å². The number of nitrogens with zero attached hydrogens (tertiary/aromatic N) is 1. The minimum atomic E-state index is 0.0500. The molecule has 1 unspecified atom stereocenters. The van der Waals surface area contributed by atoms with Gasteiger partial charge in [0.05, 0.1) is 0 Å². The van der Waals surface area contributed by atoms with Gasteiger partial charge in [0.25, 0.3) is 0 Å². The topological polar surface area (TPSA) is 24.4 Å². The van der Waals surface area contributed by atoms with Crippen LogP contribution in [0.3, 0.4) is 0 Å². The molecule has 0 saturated carbocycles. The number of aryl methyl sites for hydroxylation is 1. The van der Waals surface area contributed by atoms with E-state index < -0.39 is 0 Å². The molecule has 1 aliphatic rings. The Morgan fingerprint density at radius 1 is 1.29 bits per heavy atom. The van der Waals surface area contributed by atoms with Gasteiger partial charge < -0.3 is 0 Å². The molecule has 0 aromatic heterocycles. The summed E-state index contributed by atoms with van der Waals surface area (Å²) in [5.41, 5.74) is 5.77. The minimum Gasteiger partial charge on any atom is -0.293 e. The van der Waals surface area contributed by atoms with Crippen LogP contribution in [-0.4, -0.2) is 9.91 Å². The van der Waals surface area contributed by atoms with Gasteiger partial charge in [0.15, 0.2) is 0 Å². The second kappa shape index (κ2) is 4.73. The average molecular weight is 248 g/mol. The zero-order valence-corrected chi connectivity index (χ0v) is 11.8. The first-order chi connectivity index (χ1) is 7.98. The first kappa shape index (κ1) is 12.5. The molecule has 1 atom stereocenters. The Balaban J connectivity index is 2.09. The lowest BCUT2D eigenvalue weighted by atomic mass is 10.1. The van der Waals surface area contributed by atoms with Crippen LogP contribution in [0, 0.1) is 12.8 Å². The Bertz CT molecular complexity index is 422. The molecule has 0 fully saturated rings. The quantitative estimate of drug-likeness (QED) is 0.881. The van der Waals surface area contributed by atoms with Gasteiger partial charge in [0, 0.05) is 5.56 Å². The van der Waals surface area contributed by atoms with Gasteiger partial charge in [0.1, 0.15) is 9.91 Å². The second-order valence-electron chi connectivity index (χ2n) is 5.33. The molecule has 92 valence electrons. The predicted molar refractivity (Wildman–Crippen MR) is 76.3 cm³/mol. The lowest BCUT2D eigenvalue weighted by molar-refractivity contribution is 0.423. The highest BCUT2D eigenvalue weighted by molar-refractivity contribution is 8.15. The summed E-state index contributed by atoms with van der Waals surface area (Å²) in [7, 11) is 0. The molecule has 1 aliphatic heterocycles. The zero-order chi connectivity index (χ0) is 12.5. The van der Waals surface area contributed by atoms with E-state index >= 15 is 0 Å². The predicted octanol–water partition coefficient (Wildman–Crippen LogP) is 3.76. The molecule has 1 aromatic rings. The smallest absolute Gasteiger partial charge is 0.126 e. The molecular formula is C14H20N2S. The van der Waals surface area contributed by atoms with Crippen molar-refractivity contribution in [3.05, 3.63) is 35.4 Å². The molecule has 0 spiro atoms. The van der Waals surface area contributed by atoms with Crippen molar-refractivity contribution in [2.45, 2.75) is 39.0 Å². The van der Waals surface area contributed by atoms with Crippen molar-refractivity contribution in [3.8, 4) is 0 Å². The SMILES string of the molecule is Cc1ccc(C2=NNC(C)(CC(C)C)S2)cc1. The highest BCUT2D eigenvalue weighted by Crippen LogP contribution is 2.36. The molecule has 0 radical (unpaired) electrons. The van der Waals surface area contributed by atoms with Crippen molar-refractivity contribution in [3.63, 3.8) is 0 Å². The molecule has 0 aliphatic carbocycles. The van der Waals surface area contributed by atoms with Crippen LogP contribution in [-0.2, 0) is 0 Å². The number of rotatable bonds is 3. The Kier molecular flexibility index (Phi) is 3.48. The number of nitrogens with one attached hydrogen (secondary N) is 1. The first-order valence-electron chi connectivity index (χ1n) is 6.09. The summed E-state index contributed by atoms with van der Waals surface area (Å²) in [6.07, 6.45) is 1.12. The highest BCUT2D eigenvalue weighted by Gasteiger charge is 2.33. The maximum Gasteiger partial charge on any atom is 0.126 e. The molecule has 0 amide bonds. The lowest BCUT2D eigenvalue weighted by Gasteiger charge is -2.24. The number of thioether (sulfide) groups is 1. The van der Waals surface area contributed by atoms with Gasteiger partial charge in [-0.15, -0.1) is 0 Å². The Labute approximate surface area is 108 Å². The summed E-state index contributed by atoms with van der Waals surface area (Å²) in [5.74, 6) is 0.674. The normalized spacial score (nSPS) is 23.7. The van der Waals surface area contributed by atoms with Gasteiger partial charge in [0.2, 0.25) is 0 Å². The summed E-state index contributed by atoms with van der Waals surface area (Å²) in [4.78, 5) is 0.0500. The van der Waals surface area contributed by atoms with E-state index in [1.54, 1.807) is 0 Å². The van der Waals surface area contributed by atoms with Crippen molar-refractivity contribution in [1.82, 2.24) is 5.43 Å². The van der Waals surface area contributed by atoms with Gasteiger partial charge in [-0.05, 0) is 26.2 Å². The summed E-state index contributed by atoms with van der Waals surface area (Å²) in [5, 5.41) is 5.58. The standard InChI is InChI=1S/C14H20N2S/c1-10(2)9-14(4)16-15-13(17-14)12-7-5-11(3)6-8-12/h5-8,10,16H,9H2,1-4H3. The lowest BCUT2D eigenvalue weighted by Crippen LogP contribution is -2.33. The van der Waals surface area contributed by atoms with E-state index in [0.29, 0.717) is 5.92 Å². The van der Waals surface area contributed by atoms with Gasteiger partial charge in [-0.3, -0.25) is 5.43 Å². The molecule has 3 heteroatoms. The second-order valence-corrected chi connectivity index (χ2v) is 6.82. The third-order valence-corrected chi connectivity index (χ3v) is 4.04. The fourth-order valence-corrected chi connectivity index (χ4v) is 3.39. The molecule has 1 aromatic carbocycles. The van der Waals surface area contributed by atoms with Crippen LogP contribution in [0.4, 0.5) is 0 Å². The number of hydrazone groups is 1. The molecule has 2 rings (SSSR count). The van der Waals surface area contributed by atoms with E-state index in [1.807, 2.05) is 11.8 Å². The molecule has 0 bridgehead atoms. The van der Waals surface area contributed by atoms with Crippen molar-refractivity contribution >= 4 is 16.8 Å². The first-order valence-corrected chi connectivity index (χ1v) is 6.91. The molecule has 1 heterocycles. The van der Waals surface area contributed by atoms with E-state index in [-0.39, 0.29) is 4.87 Å². The molecule has 1 N–H and O–H groups in total. The van der Waals surface area contributed by atoms with Crippen LogP contribution < -0.4 is 5.43 Å². The van der Waals surface area contributed by atoms with Crippen LogP contribution in [0.5, 0.6) is 0 Å². The van der Waals surface area contributed by atoms with Crippen LogP contribution in [0.1, 0.15) is 38.3 Å². The summed E-state index contributed by atoms with van der Waals surface area (Å²) < 4.78 is 0. The van der Waals surface area contributed by atoms with Gasteiger partial charge in [-0.25, -0.2) is 0 Å². The maximum absolute atomic E-state index is 4.47. The third-order valence-electron chi connectivity index (χ3n) is 2.81. The van der Waals surface area contributed by atoms with Crippen LogP contribution >= 0.6 is 11.8 Å². The van der Waals surface area contributed by atoms with Crippen molar-refractivity contribution in [1.29, 1.82) is 0 Å². The summed E-state index contributed by atoms with van der Waals surface area (Å²) in [6, 6.07) is 8.56. The molecular weight excluding hydrogens is 228 g/mol. The van der Waals surface area contributed by atoms with Crippen molar-refractivity contribution in [2.24, 2.45) is 11.0 Å². The molecule has 0 saturated heterocycles. The average Bonchev–Trinajstić information content (AvgIpc) is 2.60. The number of hydrogen-bond donors (Lipinski definition) is 1. The molecule has 17 heavy (non-hydrogen) atoms. The van der Waals surface area contributed by atoms with E-state index in [2.05, 4.69) is 62.5 Å². The van der Waals surface area contributed by atoms with Crippen LogP contribution in [0.15, 0.2) is 29.4 Å². The summed E-state index contributed by atoms with van der Waals surface area (Å²) in [6.45, 7) is 8.82. The van der Waals surface area contributed by atoms with E-state index in [4.69, 9.17) is 0 Å². The Morgan fingerprint density at radius 2 is 1.94 bits per heavy atom. The number of hydrogen-bond acceptors (Lipinski definition) is 3. The fraction of sp³-hybridized carbons (Fsp3) is 0.500. The Morgan fingerprint density at radius 3 is 2.53 bits per heavy atom. The fourth-order valence-electron chi connectivity index (χ4n) is 2.11. The van der Waals surface area contributed by atoms with Crippen molar-refractivity contribution in [2.75, 3.05) is 0 Å². The largest absolute Gasteiger partial charge is 0.293 e. The van der Waals surface area contributed by atoms with E-state index in [9.17, 15) is 0 Å². The van der Waals surface area contributed by atoms with Crippen LogP contribution in [0.2, 0.25) is 0 Å². The number of benzene rings is 1. The zero-order valence-electron chi connectivity index (χ0n) is 10.9. The van der Waals surface area contributed by atoms with Gasteiger partial charge in [-0.1, -0.05) is 55.4 Å². The minimum absolute atomic E-state index is 0.0500. The Hall–Kier alpha value is -0.960. The van der Waals surface area contributed by atoms with Gasteiger partial charge in [-0.2, -0.15) is 5.10 Å². The summed E-state index contributed by atoms with van der Waals surface area (Å²) >= 11 is 1.84. The van der Waals surface area contributed by atoms with Crippen molar-refractivity contribution < 1.29 is 0 Å². The van der Waals surface area contributed by atoms with E-state index in [1.165, 1.54) is 11.1 Å².